The van der Waals surface area contributed by atoms with E-state index in [2.05, 4.69) is 31.2 Å². The van der Waals surface area contributed by atoms with Crippen LogP contribution in [-0.4, -0.2) is 30.5 Å². The van der Waals surface area contributed by atoms with Crippen molar-refractivity contribution in [3.8, 4) is 0 Å². The maximum atomic E-state index is 12.4. The van der Waals surface area contributed by atoms with Crippen LogP contribution in [0.1, 0.15) is 45.4 Å². The number of amides is 1. The van der Waals surface area contributed by atoms with Gasteiger partial charge in [-0.1, -0.05) is 12.1 Å². The van der Waals surface area contributed by atoms with Gasteiger partial charge < -0.3 is 9.88 Å². The molecule has 0 aliphatic carbocycles. The molecule has 0 atom stereocenters. The molecule has 0 radical (unpaired) electrons. The highest BCUT2D eigenvalue weighted by Gasteiger charge is 2.17. The molecule has 0 saturated carbocycles. The maximum Gasteiger partial charge on any atom is 0.251 e. The van der Waals surface area contributed by atoms with Crippen LogP contribution in [-0.2, 0) is 26.1 Å². The number of benzene rings is 1. The monoisotopic (exact) mass is 350 g/mol. The molecule has 1 aliphatic heterocycles. The fourth-order valence-electron chi connectivity index (χ4n) is 3.37. The number of fused-ring (bicyclic) bond motifs is 1. The van der Waals surface area contributed by atoms with Gasteiger partial charge in [0, 0.05) is 24.2 Å². The lowest BCUT2D eigenvalue weighted by atomic mass is 10.1. The van der Waals surface area contributed by atoms with E-state index >= 15 is 0 Å². The lowest BCUT2D eigenvalue weighted by Gasteiger charge is -2.08. The standard InChI is InChI=1S/C19H22N6O/c1-13-10-14(2)25(23-13)12-15-5-7-16(8-6-15)19(26)20-11-18-22-21-17-4-3-9-24(17)18/h5-8,10H,3-4,9,11-12H2,1-2H3,(H,20,26). The number of aryl methyl sites for hydroxylation is 3. The molecule has 0 fully saturated rings. The van der Waals surface area contributed by atoms with Gasteiger partial charge in [-0.2, -0.15) is 5.10 Å². The van der Waals surface area contributed by atoms with Crippen molar-refractivity contribution in [1.29, 1.82) is 0 Å². The first-order valence-electron chi connectivity index (χ1n) is 8.89. The summed E-state index contributed by atoms with van der Waals surface area (Å²) in [5.41, 5.74) is 3.90. The Bertz CT molecular complexity index is 938. The van der Waals surface area contributed by atoms with Crippen LogP contribution >= 0.6 is 0 Å². The second kappa shape index (κ2) is 6.74. The van der Waals surface area contributed by atoms with Crippen molar-refractivity contribution in [2.75, 3.05) is 0 Å². The summed E-state index contributed by atoms with van der Waals surface area (Å²) in [5.74, 6) is 1.74. The molecule has 4 rings (SSSR count). The normalized spacial score (nSPS) is 13.0. The minimum atomic E-state index is -0.0991. The van der Waals surface area contributed by atoms with Crippen molar-refractivity contribution in [3.63, 3.8) is 0 Å². The molecule has 0 bridgehead atoms. The third-order valence-electron chi connectivity index (χ3n) is 4.74. The van der Waals surface area contributed by atoms with E-state index in [9.17, 15) is 4.79 Å². The van der Waals surface area contributed by atoms with Crippen molar-refractivity contribution in [2.24, 2.45) is 0 Å². The van der Waals surface area contributed by atoms with Crippen LogP contribution in [0.15, 0.2) is 30.3 Å². The minimum Gasteiger partial charge on any atom is -0.345 e. The van der Waals surface area contributed by atoms with Crippen LogP contribution in [0.2, 0.25) is 0 Å². The number of hydrogen-bond acceptors (Lipinski definition) is 4. The Kier molecular flexibility index (Phi) is 4.28. The molecule has 0 unspecified atom stereocenters. The molecule has 7 heteroatoms. The number of rotatable bonds is 5. The Hall–Kier alpha value is -2.96. The van der Waals surface area contributed by atoms with E-state index < -0.39 is 0 Å². The topological polar surface area (TPSA) is 77.6 Å². The lowest BCUT2D eigenvalue weighted by molar-refractivity contribution is 0.0949. The summed E-state index contributed by atoms with van der Waals surface area (Å²) < 4.78 is 4.06. The van der Waals surface area contributed by atoms with Crippen molar-refractivity contribution < 1.29 is 4.79 Å². The zero-order valence-corrected chi connectivity index (χ0v) is 15.1. The molecule has 1 aliphatic rings. The van der Waals surface area contributed by atoms with Gasteiger partial charge in [-0.25, -0.2) is 0 Å². The molecule has 2 aromatic heterocycles. The number of carbonyl (C=O) groups excluding carboxylic acids is 1. The zero-order valence-electron chi connectivity index (χ0n) is 15.1. The average molecular weight is 350 g/mol. The van der Waals surface area contributed by atoms with Crippen LogP contribution in [0.4, 0.5) is 0 Å². The second-order valence-corrected chi connectivity index (χ2v) is 6.75. The van der Waals surface area contributed by atoms with Crippen LogP contribution in [0.25, 0.3) is 0 Å². The molecule has 3 aromatic rings. The van der Waals surface area contributed by atoms with Gasteiger partial charge in [-0.3, -0.25) is 9.48 Å². The highest BCUT2D eigenvalue weighted by atomic mass is 16.1. The SMILES string of the molecule is Cc1cc(C)n(Cc2ccc(C(=O)NCc3nnc4n3CCC4)cc2)n1. The first-order valence-corrected chi connectivity index (χ1v) is 8.89. The fraction of sp³-hybridized carbons (Fsp3) is 0.368. The molecule has 3 heterocycles. The Morgan fingerprint density at radius 1 is 1.19 bits per heavy atom. The van der Waals surface area contributed by atoms with E-state index in [1.807, 2.05) is 42.8 Å². The minimum absolute atomic E-state index is 0.0991. The molecule has 1 amide bonds. The van der Waals surface area contributed by atoms with Gasteiger partial charge in [-0.15, -0.1) is 10.2 Å². The molecule has 1 N–H and O–H groups in total. The van der Waals surface area contributed by atoms with E-state index in [4.69, 9.17) is 0 Å². The number of aromatic nitrogens is 5. The van der Waals surface area contributed by atoms with Gasteiger partial charge in [0.25, 0.3) is 5.91 Å². The number of nitrogens with one attached hydrogen (secondary N) is 1. The van der Waals surface area contributed by atoms with E-state index in [-0.39, 0.29) is 5.91 Å². The van der Waals surface area contributed by atoms with Crippen LogP contribution in [0.3, 0.4) is 0 Å². The van der Waals surface area contributed by atoms with Crippen LogP contribution < -0.4 is 5.32 Å². The molecular formula is C19H22N6O. The Morgan fingerprint density at radius 2 is 2.00 bits per heavy atom. The van der Waals surface area contributed by atoms with Crippen molar-refractivity contribution in [3.05, 3.63) is 64.5 Å². The molecule has 0 saturated heterocycles. The highest BCUT2D eigenvalue weighted by Crippen LogP contribution is 2.14. The Labute approximate surface area is 152 Å². The number of carbonyl (C=O) groups is 1. The smallest absolute Gasteiger partial charge is 0.251 e. The zero-order chi connectivity index (χ0) is 18.1. The molecule has 1 aromatic carbocycles. The van der Waals surface area contributed by atoms with Crippen LogP contribution in [0, 0.1) is 13.8 Å². The quantitative estimate of drug-likeness (QED) is 0.764. The summed E-state index contributed by atoms with van der Waals surface area (Å²) in [7, 11) is 0. The summed E-state index contributed by atoms with van der Waals surface area (Å²) in [5, 5.41) is 15.7. The first kappa shape index (κ1) is 16.5. The Balaban J connectivity index is 1.38. The van der Waals surface area contributed by atoms with Gasteiger partial charge in [-0.05, 0) is 44.0 Å². The Morgan fingerprint density at radius 3 is 2.73 bits per heavy atom. The van der Waals surface area contributed by atoms with E-state index in [0.717, 1.165) is 48.0 Å². The van der Waals surface area contributed by atoms with Gasteiger partial charge in [0.1, 0.15) is 5.82 Å². The van der Waals surface area contributed by atoms with E-state index in [1.165, 1.54) is 0 Å². The van der Waals surface area contributed by atoms with Gasteiger partial charge >= 0.3 is 0 Å². The summed E-state index contributed by atoms with van der Waals surface area (Å²) in [6, 6.07) is 9.71. The van der Waals surface area contributed by atoms with Crippen LogP contribution in [0.5, 0.6) is 0 Å². The largest absolute Gasteiger partial charge is 0.345 e. The van der Waals surface area contributed by atoms with Crippen molar-refractivity contribution in [1.82, 2.24) is 29.9 Å². The average Bonchev–Trinajstić information content (AvgIpc) is 3.30. The summed E-state index contributed by atoms with van der Waals surface area (Å²) in [6.07, 6.45) is 2.07. The van der Waals surface area contributed by atoms with Gasteiger partial charge in [0.05, 0.1) is 18.8 Å². The summed E-state index contributed by atoms with van der Waals surface area (Å²) in [6.45, 7) is 6.08. The van der Waals surface area contributed by atoms with Crippen molar-refractivity contribution in [2.45, 2.75) is 46.3 Å². The number of hydrogen-bond donors (Lipinski definition) is 1. The molecule has 0 spiro atoms. The third kappa shape index (κ3) is 3.24. The van der Waals surface area contributed by atoms with E-state index in [0.29, 0.717) is 18.7 Å². The number of nitrogens with zero attached hydrogens (tertiary/aromatic N) is 5. The second-order valence-electron chi connectivity index (χ2n) is 6.75. The summed E-state index contributed by atoms with van der Waals surface area (Å²) in [4.78, 5) is 12.4. The lowest BCUT2D eigenvalue weighted by Crippen LogP contribution is -2.24. The van der Waals surface area contributed by atoms with Gasteiger partial charge in [0.15, 0.2) is 5.82 Å². The maximum absolute atomic E-state index is 12.4. The molecule has 26 heavy (non-hydrogen) atoms. The predicted octanol–water partition coefficient (Wildman–Crippen LogP) is 2.02. The fourth-order valence-corrected chi connectivity index (χ4v) is 3.37. The van der Waals surface area contributed by atoms with Crippen molar-refractivity contribution >= 4 is 5.91 Å². The summed E-state index contributed by atoms with van der Waals surface area (Å²) >= 11 is 0. The van der Waals surface area contributed by atoms with Gasteiger partial charge in [0.2, 0.25) is 0 Å². The molecular weight excluding hydrogens is 328 g/mol. The third-order valence-corrected chi connectivity index (χ3v) is 4.74. The predicted molar refractivity (Wildman–Crippen MR) is 96.8 cm³/mol. The highest BCUT2D eigenvalue weighted by molar-refractivity contribution is 5.94. The first-order chi connectivity index (χ1) is 12.6. The molecule has 134 valence electrons. The van der Waals surface area contributed by atoms with E-state index in [1.54, 1.807) is 0 Å². The molecule has 7 nitrogen and oxygen atoms in total.